The third-order valence-electron chi connectivity index (χ3n) is 7.82. The zero-order chi connectivity index (χ0) is 22.2. The summed E-state index contributed by atoms with van der Waals surface area (Å²) in [6.45, 7) is 11.7. The summed E-state index contributed by atoms with van der Waals surface area (Å²) in [5, 5.41) is 19.9. The van der Waals surface area contributed by atoms with E-state index in [0.29, 0.717) is 5.41 Å². The highest BCUT2D eigenvalue weighted by molar-refractivity contribution is 5.25. The van der Waals surface area contributed by atoms with Crippen molar-refractivity contribution in [2.75, 3.05) is 0 Å². The molecule has 30 heavy (non-hydrogen) atoms. The number of unbranched alkanes of at least 4 members (excludes halogenated alkanes) is 1. The van der Waals surface area contributed by atoms with E-state index in [1.807, 2.05) is 20.8 Å². The molecule has 0 bridgehead atoms. The monoisotopic (exact) mass is 416 g/mol. The van der Waals surface area contributed by atoms with Crippen LogP contribution in [0.25, 0.3) is 0 Å². The molecular weight excluding hydrogens is 368 g/mol. The number of rotatable bonds is 6. The van der Waals surface area contributed by atoms with Gasteiger partial charge in [-0.2, -0.15) is 0 Å². The fourth-order valence-corrected chi connectivity index (χ4v) is 6.22. The molecule has 0 aromatic rings. The van der Waals surface area contributed by atoms with Crippen LogP contribution in [0.2, 0.25) is 0 Å². The number of fused-ring (bicyclic) bond motifs is 1. The lowest BCUT2D eigenvalue weighted by Gasteiger charge is -2.42. The van der Waals surface area contributed by atoms with E-state index in [1.165, 1.54) is 56.9 Å². The summed E-state index contributed by atoms with van der Waals surface area (Å²) in [5.74, 6) is 1.63. The summed E-state index contributed by atoms with van der Waals surface area (Å²) in [6, 6.07) is 0. The Bertz CT molecular complexity index is 594. The van der Waals surface area contributed by atoms with E-state index in [2.05, 4.69) is 25.7 Å². The predicted octanol–water partition coefficient (Wildman–Crippen LogP) is 7.51. The van der Waals surface area contributed by atoms with Crippen molar-refractivity contribution in [3.05, 3.63) is 36.0 Å². The molecule has 0 saturated heterocycles. The molecule has 0 amide bonds. The summed E-state index contributed by atoms with van der Waals surface area (Å²) in [6.07, 6.45) is 22.1. The second-order valence-corrected chi connectivity index (χ2v) is 11.0. The van der Waals surface area contributed by atoms with Gasteiger partial charge in [-0.15, -0.1) is 6.58 Å². The fraction of sp³-hybridized carbons (Fsp3) is 0.786. The summed E-state index contributed by atoms with van der Waals surface area (Å²) in [5.41, 5.74) is 3.12. The highest BCUT2D eigenvalue weighted by Crippen LogP contribution is 2.58. The standard InChI is InChI=1S/C25H42O2.C3H6/c1-24(2,27)16-5-4-10-21-14-15-23-20(9-7-17-25(21,23)3)13-12-19-8-6-11-22(26)18-19;1-3-2/h12-13,21-23,26-27H,4-11,14-18H2,1-3H3;3H,1H2,2H3/b19-12-,20-13+;/t21?,22-,23?,25?;/m0./s1. The molecule has 3 rings (SSSR count). The first kappa shape index (κ1) is 25.4. The van der Waals surface area contributed by atoms with E-state index >= 15 is 0 Å². The molecule has 3 aliphatic rings. The molecule has 3 aliphatic carbocycles. The van der Waals surface area contributed by atoms with Crippen LogP contribution in [0.4, 0.5) is 0 Å². The van der Waals surface area contributed by atoms with E-state index in [4.69, 9.17) is 0 Å². The minimum absolute atomic E-state index is 0.111. The Balaban J connectivity index is 0.00000101. The van der Waals surface area contributed by atoms with Crippen LogP contribution in [0, 0.1) is 17.3 Å². The normalized spacial score (nSPS) is 34.4. The van der Waals surface area contributed by atoms with Crippen LogP contribution in [0.15, 0.2) is 36.0 Å². The second kappa shape index (κ2) is 11.7. The first-order valence-electron chi connectivity index (χ1n) is 12.6. The SMILES string of the molecule is C=CC.CC(C)(O)CCCCC1CCC2/C(=C/C=C3/CCC[C@H](O)C3)CCCC12C. The Morgan fingerprint density at radius 1 is 1.10 bits per heavy atom. The van der Waals surface area contributed by atoms with Gasteiger partial charge < -0.3 is 10.2 Å². The van der Waals surface area contributed by atoms with Crippen molar-refractivity contribution < 1.29 is 10.2 Å². The van der Waals surface area contributed by atoms with Gasteiger partial charge in [0.15, 0.2) is 0 Å². The van der Waals surface area contributed by atoms with Crippen LogP contribution in [0.5, 0.6) is 0 Å². The Kier molecular flexibility index (Phi) is 9.88. The van der Waals surface area contributed by atoms with Crippen molar-refractivity contribution in [1.29, 1.82) is 0 Å². The van der Waals surface area contributed by atoms with Crippen LogP contribution in [-0.4, -0.2) is 21.9 Å². The molecule has 3 fully saturated rings. The second-order valence-electron chi connectivity index (χ2n) is 11.0. The molecule has 2 heteroatoms. The van der Waals surface area contributed by atoms with Crippen LogP contribution < -0.4 is 0 Å². The lowest BCUT2D eigenvalue weighted by Crippen LogP contribution is -2.33. The van der Waals surface area contributed by atoms with Gasteiger partial charge in [-0.05, 0) is 109 Å². The zero-order valence-electron chi connectivity index (χ0n) is 20.3. The van der Waals surface area contributed by atoms with Gasteiger partial charge in [0.25, 0.3) is 0 Å². The molecule has 0 aromatic carbocycles. The lowest BCUT2D eigenvalue weighted by atomic mass is 9.62. The molecule has 4 atom stereocenters. The predicted molar refractivity (Wildman–Crippen MR) is 129 cm³/mol. The van der Waals surface area contributed by atoms with Crippen molar-refractivity contribution in [1.82, 2.24) is 0 Å². The molecule has 0 aromatic heterocycles. The van der Waals surface area contributed by atoms with Gasteiger partial charge >= 0.3 is 0 Å². The molecule has 2 N–H and O–H groups in total. The maximum Gasteiger partial charge on any atom is 0.0591 e. The molecule has 2 nitrogen and oxygen atoms in total. The van der Waals surface area contributed by atoms with Gasteiger partial charge in [0.05, 0.1) is 11.7 Å². The van der Waals surface area contributed by atoms with Gasteiger partial charge in [-0.3, -0.25) is 0 Å². The van der Waals surface area contributed by atoms with Crippen molar-refractivity contribution in [2.45, 2.75) is 123 Å². The van der Waals surface area contributed by atoms with Crippen LogP contribution in [0.3, 0.4) is 0 Å². The Morgan fingerprint density at radius 3 is 2.50 bits per heavy atom. The Labute approximate surface area is 186 Å². The smallest absolute Gasteiger partial charge is 0.0591 e. The van der Waals surface area contributed by atoms with Gasteiger partial charge in [0.2, 0.25) is 0 Å². The number of aliphatic hydroxyl groups is 2. The van der Waals surface area contributed by atoms with E-state index in [1.54, 1.807) is 11.6 Å². The minimum atomic E-state index is -0.511. The van der Waals surface area contributed by atoms with E-state index in [0.717, 1.165) is 43.9 Å². The molecule has 3 unspecified atom stereocenters. The van der Waals surface area contributed by atoms with E-state index in [9.17, 15) is 10.2 Å². The third kappa shape index (κ3) is 7.38. The largest absolute Gasteiger partial charge is 0.393 e. The zero-order valence-corrected chi connectivity index (χ0v) is 20.3. The van der Waals surface area contributed by atoms with Gasteiger partial charge in [-0.1, -0.05) is 49.1 Å². The highest BCUT2D eigenvalue weighted by Gasteiger charge is 2.48. The maximum absolute atomic E-state index is 9.94. The third-order valence-corrected chi connectivity index (χ3v) is 7.82. The average Bonchev–Trinajstić information content (AvgIpc) is 3.00. The molecule has 0 radical (unpaired) electrons. The first-order chi connectivity index (χ1) is 14.2. The molecule has 0 aliphatic heterocycles. The quantitative estimate of drug-likeness (QED) is 0.347. The highest BCUT2D eigenvalue weighted by atomic mass is 16.3. The number of hydrogen-bond acceptors (Lipinski definition) is 2. The van der Waals surface area contributed by atoms with Crippen LogP contribution in [0.1, 0.15) is 111 Å². The number of aliphatic hydroxyl groups excluding tert-OH is 1. The summed E-state index contributed by atoms with van der Waals surface area (Å²) >= 11 is 0. The lowest BCUT2D eigenvalue weighted by molar-refractivity contribution is 0.0659. The molecular formula is C28H48O2. The summed E-state index contributed by atoms with van der Waals surface area (Å²) in [4.78, 5) is 0. The van der Waals surface area contributed by atoms with Gasteiger partial charge in [0.1, 0.15) is 0 Å². The van der Waals surface area contributed by atoms with Gasteiger partial charge in [-0.25, -0.2) is 0 Å². The molecule has 172 valence electrons. The van der Waals surface area contributed by atoms with E-state index < -0.39 is 5.60 Å². The van der Waals surface area contributed by atoms with Crippen molar-refractivity contribution in [2.24, 2.45) is 17.3 Å². The Hall–Kier alpha value is -0.860. The average molecular weight is 417 g/mol. The first-order valence-corrected chi connectivity index (χ1v) is 12.6. The summed E-state index contributed by atoms with van der Waals surface area (Å²) in [7, 11) is 0. The van der Waals surface area contributed by atoms with E-state index in [-0.39, 0.29) is 6.10 Å². The van der Waals surface area contributed by atoms with Gasteiger partial charge in [0, 0.05) is 0 Å². The van der Waals surface area contributed by atoms with Crippen molar-refractivity contribution in [3.63, 3.8) is 0 Å². The van der Waals surface area contributed by atoms with Crippen LogP contribution >= 0.6 is 0 Å². The minimum Gasteiger partial charge on any atom is -0.393 e. The number of hydrogen-bond donors (Lipinski definition) is 2. The molecule has 0 heterocycles. The molecule has 3 saturated carbocycles. The van der Waals surface area contributed by atoms with Crippen molar-refractivity contribution >= 4 is 0 Å². The fourth-order valence-electron chi connectivity index (χ4n) is 6.22. The topological polar surface area (TPSA) is 40.5 Å². The van der Waals surface area contributed by atoms with Crippen LogP contribution in [-0.2, 0) is 0 Å². The Morgan fingerprint density at radius 2 is 1.83 bits per heavy atom. The summed E-state index contributed by atoms with van der Waals surface area (Å²) < 4.78 is 0. The molecule has 0 spiro atoms. The maximum atomic E-state index is 9.94. The van der Waals surface area contributed by atoms with Crippen molar-refractivity contribution in [3.8, 4) is 0 Å². The number of allylic oxidation sites excluding steroid dienone is 4.